The van der Waals surface area contributed by atoms with Gasteiger partial charge in [0.05, 0.1) is 0 Å². The summed E-state index contributed by atoms with van der Waals surface area (Å²) in [7, 11) is 1.79. The highest BCUT2D eigenvalue weighted by atomic mass is 15.3. The molecule has 2 N–H and O–H groups in total. The minimum absolute atomic E-state index is 0.493. The first kappa shape index (κ1) is 11.9. The third-order valence-electron chi connectivity index (χ3n) is 3.34. The van der Waals surface area contributed by atoms with Crippen LogP contribution in [0.3, 0.4) is 0 Å². The molecule has 1 aliphatic rings. The van der Waals surface area contributed by atoms with Gasteiger partial charge < -0.3 is 10.6 Å². The van der Waals surface area contributed by atoms with Crippen LogP contribution in [0.15, 0.2) is 18.7 Å². The molecular weight excluding hydrogens is 242 g/mol. The topological polar surface area (TPSA) is 80.5 Å². The van der Waals surface area contributed by atoms with Crippen molar-refractivity contribution in [3.05, 3.63) is 18.7 Å². The lowest BCUT2D eigenvalue weighted by Crippen LogP contribution is -2.13. The van der Waals surface area contributed by atoms with E-state index in [0.29, 0.717) is 23.9 Å². The maximum Gasteiger partial charge on any atom is 0.241 e. The summed E-state index contributed by atoms with van der Waals surface area (Å²) in [5.74, 6) is 2.47. The van der Waals surface area contributed by atoms with E-state index in [0.717, 1.165) is 5.92 Å². The zero-order valence-corrected chi connectivity index (χ0v) is 11.0. The lowest BCUT2D eigenvalue weighted by Gasteiger charge is -2.08. The summed E-state index contributed by atoms with van der Waals surface area (Å²) in [5, 5.41) is 6.31. The normalized spacial score (nSPS) is 21.2. The summed E-state index contributed by atoms with van der Waals surface area (Å²) in [6, 6.07) is 0.493. The van der Waals surface area contributed by atoms with E-state index in [4.69, 9.17) is 0 Å². The summed E-state index contributed by atoms with van der Waals surface area (Å²) >= 11 is 0. The van der Waals surface area contributed by atoms with E-state index in [2.05, 4.69) is 37.5 Å². The third-order valence-corrected chi connectivity index (χ3v) is 3.34. The lowest BCUT2D eigenvalue weighted by molar-refractivity contribution is 0.769. The van der Waals surface area contributed by atoms with Crippen LogP contribution in [0.5, 0.6) is 0 Å². The summed E-state index contributed by atoms with van der Waals surface area (Å²) in [6.45, 7) is 2.20. The molecule has 2 unspecified atom stereocenters. The van der Waals surface area contributed by atoms with Crippen LogP contribution in [-0.4, -0.2) is 37.6 Å². The molecule has 2 aromatic rings. The number of anilines is 2. The van der Waals surface area contributed by atoms with Gasteiger partial charge in [0.2, 0.25) is 17.8 Å². The molecule has 1 aliphatic carbocycles. The number of aromatic nitrogens is 5. The predicted molar refractivity (Wildman–Crippen MR) is 72.3 cm³/mol. The monoisotopic (exact) mass is 259 g/mol. The largest absolute Gasteiger partial charge is 0.357 e. The van der Waals surface area contributed by atoms with Crippen molar-refractivity contribution >= 4 is 11.9 Å². The lowest BCUT2D eigenvalue weighted by atomic mass is 10.3. The fourth-order valence-electron chi connectivity index (χ4n) is 2.08. The smallest absolute Gasteiger partial charge is 0.241 e. The molecular formula is C12H17N7. The summed E-state index contributed by atoms with van der Waals surface area (Å²) in [4.78, 5) is 17.1. The Morgan fingerprint density at radius 2 is 2.16 bits per heavy atom. The molecule has 19 heavy (non-hydrogen) atoms. The van der Waals surface area contributed by atoms with Crippen molar-refractivity contribution in [3.8, 4) is 5.95 Å². The Labute approximate surface area is 111 Å². The van der Waals surface area contributed by atoms with Crippen molar-refractivity contribution in [1.29, 1.82) is 0 Å². The van der Waals surface area contributed by atoms with Gasteiger partial charge in [0.15, 0.2) is 0 Å². The van der Waals surface area contributed by atoms with Gasteiger partial charge in [-0.05, 0) is 12.3 Å². The van der Waals surface area contributed by atoms with Gasteiger partial charge in [-0.3, -0.25) is 4.57 Å². The molecule has 0 saturated heterocycles. The minimum atomic E-state index is 0.493. The molecule has 0 aliphatic heterocycles. The Hall–Kier alpha value is -2.18. The van der Waals surface area contributed by atoms with Gasteiger partial charge >= 0.3 is 0 Å². The first-order chi connectivity index (χ1) is 9.30. The van der Waals surface area contributed by atoms with Crippen molar-refractivity contribution in [1.82, 2.24) is 24.5 Å². The van der Waals surface area contributed by atoms with Gasteiger partial charge in [0.1, 0.15) is 6.33 Å². The zero-order chi connectivity index (χ0) is 13.2. The van der Waals surface area contributed by atoms with Gasteiger partial charge in [-0.2, -0.15) is 15.0 Å². The van der Waals surface area contributed by atoms with E-state index in [9.17, 15) is 0 Å². The van der Waals surface area contributed by atoms with Crippen LogP contribution in [0, 0.1) is 5.92 Å². The third kappa shape index (κ3) is 2.49. The van der Waals surface area contributed by atoms with E-state index in [1.54, 1.807) is 24.1 Å². The fraction of sp³-hybridized carbons (Fsp3) is 0.500. The molecule has 0 amide bonds. The van der Waals surface area contributed by atoms with Crippen LogP contribution in [0.25, 0.3) is 5.95 Å². The van der Waals surface area contributed by atoms with Crippen LogP contribution in [0.4, 0.5) is 11.9 Å². The maximum atomic E-state index is 4.42. The predicted octanol–water partition coefficient (Wildman–Crippen LogP) is 1.31. The van der Waals surface area contributed by atoms with Crippen LogP contribution < -0.4 is 10.6 Å². The Morgan fingerprint density at radius 3 is 2.79 bits per heavy atom. The van der Waals surface area contributed by atoms with Crippen LogP contribution in [0.2, 0.25) is 0 Å². The Bertz CT molecular complexity index is 551. The Balaban J connectivity index is 1.85. The number of imidazole rings is 1. The number of hydrogen-bond donors (Lipinski definition) is 2. The first-order valence-electron chi connectivity index (χ1n) is 6.49. The number of nitrogens with zero attached hydrogens (tertiary/aromatic N) is 5. The summed E-state index contributed by atoms with van der Waals surface area (Å²) in [6.07, 6.45) is 7.56. The van der Waals surface area contributed by atoms with Gasteiger partial charge in [-0.15, -0.1) is 0 Å². The molecule has 100 valence electrons. The molecule has 1 saturated carbocycles. The molecule has 7 heteroatoms. The SMILES string of the molecule is CCC1CC1Nc1nc(NC)nc(-n2ccnc2)n1. The molecule has 0 radical (unpaired) electrons. The quantitative estimate of drug-likeness (QED) is 0.842. The molecule has 2 atom stereocenters. The van der Waals surface area contributed by atoms with Crippen molar-refractivity contribution in [3.63, 3.8) is 0 Å². The Morgan fingerprint density at radius 1 is 1.32 bits per heavy atom. The molecule has 2 aromatic heterocycles. The van der Waals surface area contributed by atoms with Crippen LogP contribution in [-0.2, 0) is 0 Å². The second-order valence-corrected chi connectivity index (χ2v) is 4.66. The number of rotatable bonds is 5. The number of hydrogen-bond acceptors (Lipinski definition) is 6. The van der Waals surface area contributed by atoms with Gasteiger partial charge in [-0.25, -0.2) is 4.98 Å². The van der Waals surface area contributed by atoms with E-state index >= 15 is 0 Å². The molecule has 1 fully saturated rings. The van der Waals surface area contributed by atoms with Gasteiger partial charge in [-0.1, -0.05) is 13.3 Å². The second kappa shape index (κ2) is 4.83. The molecule has 0 spiro atoms. The summed E-state index contributed by atoms with van der Waals surface area (Å²) < 4.78 is 1.76. The van der Waals surface area contributed by atoms with Crippen molar-refractivity contribution in [2.75, 3.05) is 17.7 Å². The summed E-state index contributed by atoms with van der Waals surface area (Å²) in [5.41, 5.74) is 0. The van der Waals surface area contributed by atoms with E-state index < -0.39 is 0 Å². The van der Waals surface area contributed by atoms with E-state index in [1.807, 2.05) is 6.20 Å². The minimum Gasteiger partial charge on any atom is -0.357 e. The average molecular weight is 259 g/mol. The molecule has 7 nitrogen and oxygen atoms in total. The number of nitrogens with one attached hydrogen (secondary N) is 2. The van der Waals surface area contributed by atoms with Gasteiger partial charge in [0, 0.05) is 25.5 Å². The van der Waals surface area contributed by atoms with Crippen molar-refractivity contribution < 1.29 is 0 Å². The highest BCUT2D eigenvalue weighted by Gasteiger charge is 2.35. The zero-order valence-electron chi connectivity index (χ0n) is 11.0. The van der Waals surface area contributed by atoms with Crippen LogP contribution in [0.1, 0.15) is 19.8 Å². The van der Waals surface area contributed by atoms with Crippen molar-refractivity contribution in [2.24, 2.45) is 5.92 Å². The van der Waals surface area contributed by atoms with Crippen LogP contribution >= 0.6 is 0 Å². The molecule has 3 rings (SSSR count). The highest BCUT2D eigenvalue weighted by molar-refractivity contribution is 5.39. The maximum absolute atomic E-state index is 4.42. The first-order valence-corrected chi connectivity index (χ1v) is 6.49. The van der Waals surface area contributed by atoms with E-state index in [1.165, 1.54) is 12.8 Å². The van der Waals surface area contributed by atoms with Crippen molar-refractivity contribution in [2.45, 2.75) is 25.8 Å². The fourth-order valence-corrected chi connectivity index (χ4v) is 2.08. The van der Waals surface area contributed by atoms with Gasteiger partial charge in [0.25, 0.3) is 0 Å². The highest BCUT2D eigenvalue weighted by Crippen LogP contribution is 2.35. The Kier molecular flexibility index (Phi) is 3.02. The molecule has 0 bridgehead atoms. The molecule has 0 aromatic carbocycles. The average Bonchev–Trinajstić information content (AvgIpc) is 2.96. The van der Waals surface area contributed by atoms with E-state index in [-0.39, 0.29) is 0 Å². The standard InChI is InChI=1S/C12H17N7/c1-3-8-6-9(8)15-11-16-10(13-2)17-12(18-11)19-5-4-14-7-19/h4-5,7-9H,3,6H2,1-2H3,(H2,13,15,16,17,18). The second-order valence-electron chi connectivity index (χ2n) is 4.66. The molecule has 2 heterocycles.